The maximum atomic E-state index is 9.06. The molecule has 0 aliphatic heterocycles. The summed E-state index contributed by atoms with van der Waals surface area (Å²) in [7, 11) is 0. The average Bonchev–Trinajstić information content (AvgIpc) is 2.46. The van der Waals surface area contributed by atoms with Gasteiger partial charge in [0, 0.05) is 21.6 Å². The van der Waals surface area contributed by atoms with E-state index < -0.39 is 0 Å². The molecule has 2 rings (SSSR count). The molecular weight excluding hydrogens is 316 g/mol. The van der Waals surface area contributed by atoms with Crippen LogP contribution in [0, 0.1) is 11.3 Å². The molecule has 2 N–H and O–H groups in total. The zero-order valence-electron chi connectivity index (χ0n) is 11.1. The average molecular weight is 331 g/mol. The molecule has 0 aliphatic carbocycles. The number of rotatable bonds is 4. The van der Waals surface area contributed by atoms with Gasteiger partial charge < -0.3 is 10.5 Å². The van der Waals surface area contributed by atoms with E-state index in [9.17, 15) is 0 Å². The van der Waals surface area contributed by atoms with Gasteiger partial charge in [-0.2, -0.15) is 5.26 Å². The van der Waals surface area contributed by atoms with Crippen LogP contribution in [0.1, 0.15) is 29.7 Å². The number of hydrogen-bond donors (Lipinski definition) is 1. The number of nitrogens with two attached hydrogens (primary N) is 1. The van der Waals surface area contributed by atoms with Gasteiger partial charge in [-0.1, -0.05) is 34.1 Å². The lowest BCUT2D eigenvalue weighted by molar-refractivity contribution is 0.301. The van der Waals surface area contributed by atoms with Crippen LogP contribution in [0.5, 0.6) is 5.75 Å². The van der Waals surface area contributed by atoms with Gasteiger partial charge in [-0.25, -0.2) is 0 Å². The van der Waals surface area contributed by atoms with Crippen molar-refractivity contribution in [2.24, 2.45) is 5.73 Å². The highest BCUT2D eigenvalue weighted by atomic mass is 79.9. The molecule has 0 heterocycles. The lowest BCUT2D eigenvalue weighted by Crippen LogP contribution is -2.08. The van der Waals surface area contributed by atoms with E-state index >= 15 is 0 Å². The van der Waals surface area contributed by atoms with Crippen molar-refractivity contribution in [2.75, 3.05) is 0 Å². The first-order valence-electron chi connectivity index (χ1n) is 6.27. The van der Waals surface area contributed by atoms with Crippen LogP contribution in [0.25, 0.3) is 0 Å². The van der Waals surface area contributed by atoms with Crippen molar-refractivity contribution >= 4 is 15.9 Å². The van der Waals surface area contributed by atoms with Gasteiger partial charge in [0.05, 0.1) is 11.6 Å². The summed E-state index contributed by atoms with van der Waals surface area (Å²) in [5, 5.41) is 9.06. The summed E-state index contributed by atoms with van der Waals surface area (Å²) in [5.41, 5.74) is 8.39. The predicted octanol–water partition coefficient (Wildman–Crippen LogP) is 3.92. The van der Waals surface area contributed by atoms with E-state index in [0.29, 0.717) is 12.2 Å². The highest BCUT2D eigenvalue weighted by molar-refractivity contribution is 9.10. The topological polar surface area (TPSA) is 59.0 Å². The van der Waals surface area contributed by atoms with Crippen LogP contribution in [0.2, 0.25) is 0 Å². The fourth-order valence-corrected chi connectivity index (χ4v) is 2.30. The Morgan fingerprint density at radius 1 is 1.30 bits per heavy atom. The number of nitrogens with zero attached hydrogens (tertiary/aromatic N) is 1. The largest absolute Gasteiger partial charge is 0.489 e. The van der Waals surface area contributed by atoms with Gasteiger partial charge in [0.1, 0.15) is 12.4 Å². The van der Waals surface area contributed by atoms with Crippen molar-refractivity contribution in [3.63, 3.8) is 0 Å². The van der Waals surface area contributed by atoms with Crippen molar-refractivity contribution in [1.29, 1.82) is 5.26 Å². The van der Waals surface area contributed by atoms with Crippen molar-refractivity contribution < 1.29 is 4.74 Å². The fourth-order valence-electron chi connectivity index (χ4n) is 1.92. The predicted molar refractivity (Wildman–Crippen MR) is 82.2 cm³/mol. The van der Waals surface area contributed by atoms with Crippen LogP contribution in [-0.4, -0.2) is 0 Å². The van der Waals surface area contributed by atoms with Crippen LogP contribution in [0.4, 0.5) is 0 Å². The Labute approximate surface area is 127 Å². The van der Waals surface area contributed by atoms with Gasteiger partial charge in [-0.15, -0.1) is 0 Å². The third kappa shape index (κ3) is 3.38. The number of nitriles is 1. The Morgan fingerprint density at radius 2 is 2.05 bits per heavy atom. The molecule has 1 atom stereocenters. The Bertz CT molecular complexity index is 647. The third-order valence-electron chi connectivity index (χ3n) is 2.98. The number of ether oxygens (including phenoxy) is 1. The SMILES string of the molecule is C[C@@H](N)c1cc(Br)ccc1OCc1ccccc1C#N. The lowest BCUT2D eigenvalue weighted by atomic mass is 10.1. The summed E-state index contributed by atoms with van der Waals surface area (Å²) in [6, 6.07) is 15.2. The van der Waals surface area contributed by atoms with Crippen LogP contribution in [0.15, 0.2) is 46.9 Å². The smallest absolute Gasteiger partial charge is 0.124 e. The maximum absolute atomic E-state index is 9.06. The van der Waals surface area contributed by atoms with Crippen molar-refractivity contribution in [3.05, 3.63) is 63.6 Å². The fraction of sp³-hybridized carbons (Fsp3) is 0.188. The number of halogens is 1. The molecule has 102 valence electrons. The Kier molecular flexibility index (Phi) is 4.78. The van der Waals surface area contributed by atoms with Crippen molar-refractivity contribution in [1.82, 2.24) is 0 Å². The molecule has 2 aromatic carbocycles. The molecule has 0 saturated carbocycles. The van der Waals surface area contributed by atoms with Gasteiger partial charge in [0.15, 0.2) is 0 Å². The third-order valence-corrected chi connectivity index (χ3v) is 3.48. The highest BCUT2D eigenvalue weighted by Crippen LogP contribution is 2.28. The molecule has 0 bridgehead atoms. The Hall–Kier alpha value is -1.83. The van der Waals surface area contributed by atoms with Crippen molar-refractivity contribution in [2.45, 2.75) is 19.6 Å². The van der Waals surface area contributed by atoms with Gasteiger partial charge in [0.25, 0.3) is 0 Å². The lowest BCUT2D eigenvalue weighted by Gasteiger charge is -2.15. The van der Waals surface area contributed by atoms with E-state index in [1.165, 1.54) is 0 Å². The standard InChI is InChI=1S/C16H15BrN2O/c1-11(19)15-8-14(17)6-7-16(15)20-10-13-5-3-2-4-12(13)9-18/h2-8,11H,10,19H2,1H3/t11-/m1/s1. The molecular formula is C16H15BrN2O. The van der Waals surface area contributed by atoms with Crippen LogP contribution < -0.4 is 10.5 Å². The van der Waals surface area contributed by atoms with Gasteiger partial charge in [-0.3, -0.25) is 0 Å². The second-order valence-corrected chi connectivity index (χ2v) is 5.44. The number of hydrogen-bond acceptors (Lipinski definition) is 3. The van der Waals surface area contributed by atoms with Gasteiger partial charge in [0.2, 0.25) is 0 Å². The minimum Gasteiger partial charge on any atom is -0.489 e. The molecule has 0 fully saturated rings. The highest BCUT2D eigenvalue weighted by Gasteiger charge is 2.10. The first-order valence-corrected chi connectivity index (χ1v) is 7.07. The molecule has 4 heteroatoms. The summed E-state index contributed by atoms with van der Waals surface area (Å²) >= 11 is 3.43. The molecule has 3 nitrogen and oxygen atoms in total. The van der Waals surface area contributed by atoms with E-state index in [1.54, 1.807) is 6.07 Å². The first-order chi connectivity index (χ1) is 9.61. The normalized spacial score (nSPS) is 11.7. The summed E-state index contributed by atoms with van der Waals surface area (Å²) < 4.78 is 6.80. The molecule has 0 aromatic heterocycles. The van der Waals surface area contributed by atoms with E-state index in [2.05, 4.69) is 22.0 Å². The Balaban J connectivity index is 2.21. The summed E-state index contributed by atoms with van der Waals surface area (Å²) in [4.78, 5) is 0. The van der Waals surface area contributed by atoms with Crippen LogP contribution in [0.3, 0.4) is 0 Å². The monoisotopic (exact) mass is 330 g/mol. The number of benzene rings is 2. The van der Waals surface area contributed by atoms with Crippen LogP contribution in [-0.2, 0) is 6.61 Å². The summed E-state index contributed by atoms with van der Waals surface area (Å²) in [6.45, 7) is 2.27. The van der Waals surface area contributed by atoms with E-state index in [-0.39, 0.29) is 6.04 Å². The molecule has 0 saturated heterocycles. The second-order valence-electron chi connectivity index (χ2n) is 4.53. The molecule has 0 amide bonds. The maximum Gasteiger partial charge on any atom is 0.124 e. The zero-order chi connectivity index (χ0) is 14.5. The quantitative estimate of drug-likeness (QED) is 0.924. The van der Waals surface area contributed by atoms with Gasteiger partial charge >= 0.3 is 0 Å². The van der Waals surface area contributed by atoms with Gasteiger partial charge in [-0.05, 0) is 31.2 Å². The van der Waals surface area contributed by atoms with E-state index in [0.717, 1.165) is 21.3 Å². The minimum atomic E-state index is -0.117. The molecule has 0 radical (unpaired) electrons. The molecule has 0 aliphatic rings. The van der Waals surface area contributed by atoms with E-state index in [4.69, 9.17) is 15.7 Å². The molecule has 0 spiro atoms. The van der Waals surface area contributed by atoms with Crippen molar-refractivity contribution in [3.8, 4) is 11.8 Å². The second kappa shape index (κ2) is 6.56. The van der Waals surface area contributed by atoms with Crippen LogP contribution >= 0.6 is 15.9 Å². The molecule has 0 unspecified atom stereocenters. The van der Waals surface area contributed by atoms with E-state index in [1.807, 2.05) is 43.3 Å². The summed E-state index contributed by atoms with van der Waals surface area (Å²) in [5.74, 6) is 0.746. The zero-order valence-corrected chi connectivity index (χ0v) is 12.7. The molecule has 2 aromatic rings. The Morgan fingerprint density at radius 3 is 2.75 bits per heavy atom. The summed E-state index contributed by atoms with van der Waals surface area (Å²) in [6.07, 6.45) is 0. The molecule has 20 heavy (non-hydrogen) atoms. The first kappa shape index (κ1) is 14.6. The minimum absolute atomic E-state index is 0.117.